The molecule has 0 aliphatic rings. The van der Waals surface area contributed by atoms with Gasteiger partial charge >= 0.3 is 0 Å². The van der Waals surface area contributed by atoms with Gasteiger partial charge in [0.1, 0.15) is 0 Å². The van der Waals surface area contributed by atoms with Crippen LogP contribution in [0.5, 0.6) is 0 Å². The summed E-state index contributed by atoms with van der Waals surface area (Å²) in [7, 11) is -2.03. The summed E-state index contributed by atoms with van der Waals surface area (Å²) in [6.45, 7) is 4.81. The first-order chi connectivity index (χ1) is 9.40. The van der Waals surface area contributed by atoms with Crippen LogP contribution >= 0.6 is 0 Å². The Hall–Kier alpha value is -1.40. The monoisotopic (exact) mass is 298 g/mol. The maximum Gasteiger partial charge on any atom is 0.237 e. The summed E-state index contributed by atoms with van der Waals surface area (Å²) in [5.41, 5.74) is 0.717. The van der Waals surface area contributed by atoms with Gasteiger partial charge in [0.25, 0.3) is 0 Å². The van der Waals surface area contributed by atoms with E-state index in [9.17, 15) is 13.2 Å². The quantitative estimate of drug-likeness (QED) is 0.763. The smallest absolute Gasteiger partial charge is 0.237 e. The molecule has 0 aliphatic heterocycles. The van der Waals surface area contributed by atoms with E-state index < -0.39 is 10.0 Å². The number of amides is 1. The van der Waals surface area contributed by atoms with Crippen molar-refractivity contribution >= 4 is 15.9 Å². The molecule has 0 saturated heterocycles. The number of sulfonamides is 1. The number of nitrogens with zero attached hydrogens (tertiary/aromatic N) is 2. The molecule has 5 nitrogen and oxygen atoms in total. The first-order valence-corrected chi connectivity index (χ1v) is 8.27. The predicted octanol–water partition coefficient (Wildman–Crippen LogP) is 1.32. The molecule has 112 valence electrons. The van der Waals surface area contributed by atoms with E-state index in [1.807, 2.05) is 19.9 Å². The van der Waals surface area contributed by atoms with Gasteiger partial charge in [-0.1, -0.05) is 30.3 Å². The second-order valence-electron chi connectivity index (χ2n) is 4.56. The summed E-state index contributed by atoms with van der Waals surface area (Å²) in [6, 6.07) is 8.96. The van der Waals surface area contributed by atoms with Gasteiger partial charge in [0.2, 0.25) is 15.9 Å². The maximum absolute atomic E-state index is 12.2. The molecule has 0 spiro atoms. The summed E-state index contributed by atoms with van der Waals surface area (Å²) in [5.74, 6) is -0.260. The number of rotatable bonds is 7. The fourth-order valence-corrected chi connectivity index (χ4v) is 3.00. The largest absolute Gasteiger partial charge is 0.342 e. The molecule has 0 saturated carbocycles. The van der Waals surface area contributed by atoms with E-state index in [2.05, 4.69) is 0 Å². The first-order valence-electron chi connectivity index (χ1n) is 6.66. The number of likely N-dealkylation sites (N-methyl/N-ethyl adjacent to an activating group) is 2. The van der Waals surface area contributed by atoms with Crippen molar-refractivity contribution in [3.05, 3.63) is 35.9 Å². The third kappa shape index (κ3) is 4.61. The van der Waals surface area contributed by atoms with Gasteiger partial charge in [0.05, 0.1) is 12.3 Å². The number of carbonyl (C=O) groups is 1. The molecule has 0 unspecified atom stereocenters. The molecule has 0 heterocycles. The normalized spacial score (nSPS) is 11.6. The first kappa shape index (κ1) is 16.7. The number of hydrogen-bond acceptors (Lipinski definition) is 3. The van der Waals surface area contributed by atoms with Crippen LogP contribution in [-0.4, -0.2) is 50.2 Å². The van der Waals surface area contributed by atoms with E-state index in [1.165, 1.54) is 7.05 Å². The van der Waals surface area contributed by atoms with Gasteiger partial charge in [-0.3, -0.25) is 4.79 Å². The van der Waals surface area contributed by atoms with Crippen LogP contribution in [0.15, 0.2) is 30.3 Å². The van der Waals surface area contributed by atoms with Gasteiger partial charge in [-0.15, -0.1) is 0 Å². The second kappa shape index (κ2) is 7.40. The van der Waals surface area contributed by atoms with Crippen LogP contribution in [0.1, 0.15) is 19.4 Å². The van der Waals surface area contributed by atoms with E-state index >= 15 is 0 Å². The summed E-state index contributed by atoms with van der Waals surface area (Å²) in [4.78, 5) is 13.6. The lowest BCUT2D eigenvalue weighted by Gasteiger charge is -2.23. The Bertz CT molecular complexity index is 525. The molecule has 0 fully saturated rings. The van der Waals surface area contributed by atoms with Crippen molar-refractivity contribution in [1.29, 1.82) is 0 Å². The summed E-state index contributed by atoms with van der Waals surface area (Å²) >= 11 is 0. The summed E-state index contributed by atoms with van der Waals surface area (Å²) in [6.07, 6.45) is 0. The van der Waals surface area contributed by atoms with Crippen molar-refractivity contribution in [3.8, 4) is 0 Å². The second-order valence-corrected chi connectivity index (χ2v) is 6.64. The van der Waals surface area contributed by atoms with Crippen molar-refractivity contribution in [2.24, 2.45) is 0 Å². The zero-order valence-electron chi connectivity index (χ0n) is 12.2. The van der Waals surface area contributed by atoms with Crippen molar-refractivity contribution in [3.63, 3.8) is 0 Å². The molecule has 0 N–H and O–H groups in total. The minimum Gasteiger partial charge on any atom is -0.342 e. The minimum absolute atomic E-state index is 0.0874. The highest BCUT2D eigenvalue weighted by Crippen LogP contribution is 2.09. The Balaban J connectivity index is 2.70. The van der Waals surface area contributed by atoms with Gasteiger partial charge in [-0.05, 0) is 19.4 Å². The van der Waals surface area contributed by atoms with Crippen LogP contribution < -0.4 is 0 Å². The molecule has 20 heavy (non-hydrogen) atoms. The lowest BCUT2D eigenvalue weighted by molar-refractivity contribution is -0.130. The van der Waals surface area contributed by atoms with Gasteiger partial charge in [0, 0.05) is 20.1 Å². The number of hydrogen-bond donors (Lipinski definition) is 0. The summed E-state index contributed by atoms with van der Waals surface area (Å²) < 4.78 is 25.5. The molecule has 0 aliphatic carbocycles. The molecule has 1 rings (SSSR count). The van der Waals surface area contributed by atoms with Crippen LogP contribution in [0.3, 0.4) is 0 Å². The molecule has 6 heteroatoms. The Kier molecular flexibility index (Phi) is 6.16. The average Bonchev–Trinajstić information content (AvgIpc) is 2.40. The van der Waals surface area contributed by atoms with Crippen molar-refractivity contribution < 1.29 is 13.2 Å². The van der Waals surface area contributed by atoms with E-state index in [0.717, 1.165) is 9.87 Å². The SMILES string of the molecule is CCN(CC)C(=O)CN(C)S(=O)(=O)Cc1ccccc1. The van der Waals surface area contributed by atoms with Crippen LogP contribution in [0.2, 0.25) is 0 Å². The predicted molar refractivity (Wildman–Crippen MR) is 79.6 cm³/mol. The van der Waals surface area contributed by atoms with E-state index in [-0.39, 0.29) is 18.2 Å². The van der Waals surface area contributed by atoms with Gasteiger partial charge < -0.3 is 4.90 Å². The molecule has 0 aromatic heterocycles. The van der Waals surface area contributed by atoms with Gasteiger partial charge in [-0.2, -0.15) is 4.31 Å². The Morgan fingerprint density at radius 2 is 1.65 bits per heavy atom. The van der Waals surface area contributed by atoms with Crippen LogP contribution in [0.4, 0.5) is 0 Å². The highest BCUT2D eigenvalue weighted by Gasteiger charge is 2.22. The van der Waals surface area contributed by atoms with Crippen molar-refractivity contribution in [1.82, 2.24) is 9.21 Å². The van der Waals surface area contributed by atoms with E-state index in [1.54, 1.807) is 29.2 Å². The Morgan fingerprint density at radius 3 is 2.15 bits per heavy atom. The molecule has 0 radical (unpaired) electrons. The topological polar surface area (TPSA) is 57.7 Å². The average molecular weight is 298 g/mol. The van der Waals surface area contributed by atoms with Crippen LogP contribution in [0, 0.1) is 0 Å². The molecule has 0 bridgehead atoms. The van der Waals surface area contributed by atoms with Crippen molar-refractivity contribution in [2.45, 2.75) is 19.6 Å². The molecule has 0 atom stereocenters. The Labute approximate surface area is 121 Å². The maximum atomic E-state index is 12.2. The molecule has 1 amide bonds. The molecule has 1 aromatic carbocycles. The zero-order valence-corrected chi connectivity index (χ0v) is 13.1. The highest BCUT2D eigenvalue weighted by molar-refractivity contribution is 7.88. The van der Waals surface area contributed by atoms with Crippen molar-refractivity contribution in [2.75, 3.05) is 26.7 Å². The number of benzene rings is 1. The molecular formula is C14H22N2O3S. The fourth-order valence-electron chi connectivity index (χ4n) is 1.86. The lowest BCUT2D eigenvalue weighted by atomic mass is 10.2. The third-order valence-electron chi connectivity index (χ3n) is 3.14. The van der Waals surface area contributed by atoms with E-state index in [0.29, 0.717) is 13.1 Å². The number of carbonyl (C=O) groups excluding carboxylic acids is 1. The van der Waals surface area contributed by atoms with Gasteiger partial charge in [-0.25, -0.2) is 8.42 Å². The van der Waals surface area contributed by atoms with E-state index in [4.69, 9.17) is 0 Å². The molecular weight excluding hydrogens is 276 g/mol. The summed E-state index contributed by atoms with van der Waals surface area (Å²) in [5, 5.41) is 0. The minimum atomic E-state index is -3.47. The fraction of sp³-hybridized carbons (Fsp3) is 0.500. The van der Waals surface area contributed by atoms with Crippen LogP contribution in [0.25, 0.3) is 0 Å². The molecule has 1 aromatic rings. The highest BCUT2D eigenvalue weighted by atomic mass is 32.2. The van der Waals surface area contributed by atoms with Crippen LogP contribution in [-0.2, 0) is 20.6 Å². The van der Waals surface area contributed by atoms with Gasteiger partial charge in [0.15, 0.2) is 0 Å². The zero-order chi connectivity index (χ0) is 15.2. The third-order valence-corrected chi connectivity index (χ3v) is 4.92. The standard InChI is InChI=1S/C14H22N2O3S/c1-4-16(5-2)14(17)11-15(3)20(18,19)12-13-9-7-6-8-10-13/h6-10H,4-5,11-12H2,1-3H3. The Morgan fingerprint density at radius 1 is 1.10 bits per heavy atom. The lowest BCUT2D eigenvalue weighted by Crippen LogP contribution is -2.41.